The molecule has 2 heterocycles. The lowest BCUT2D eigenvalue weighted by atomic mass is 9.70. The maximum atomic E-state index is 2.71. The molecule has 0 unspecified atom stereocenters. The quantitative estimate of drug-likeness (QED) is 0.0464. The van der Waals surface area contributed by atoms with Crippen LogP contribution < -0.4 is 0 Å². The molecule has 0 radical (unpaired) electrons. The van der Waals surface area contributed by atoms with Crippen molar-refractivity contribution >= 4 is 42.8 Å². The predicted molar refractivity (Wildman–Crippen MR) is 259 cm³/mol. The molecule has 0 amide bonds. The molecule has 3 aromatic carbocycles. The number of thiophene rings is 2. The first kappa shape index (κ1) is 44.1. The molecular weight excluding hydrogens is 725 g/mol. The van der Waals surface area contributed by atoms with Gasteiger partial charge in [-0.15, -0.1) is 22.7 Å². The Morgan fingerprint density at radius 1 is 0.439 bits per heavy atom. The molecule has 0 saturated heterocycles. The van der Waals surface area contributed by atoms with Crippen molar-refractivity contribution < 1.29 is 0 Å². The molecule has 57 heavy (non-hydrogen) atoms. The van der Waals surface area contributed by atoms with Crippen molar-refractivity contribution in [2.75, 3.05) is 0 Å². The highest BCUT2D eigenvalue weighted by Gasteiger charge is 2.42. The molecule has 0 saturated carbocycles. The van der Waals surface area contributed by atoms with Gasteiger partial charge in [-0.1, -0.05) is 192 Å². The van der Waals surface area contributed by atoms with Gasteiger partial charge in [-0.05, 0) is 120 Å². The highest BCUT2D eigenvalue weighted by Crippen LogP contribution is 2.56. The van der Waals surface area contributed by atoms with Gasteiger partial charge in [0, 0.05) is 15.2 Å². The van der Waals surface area contributed by atoms with Crippen molar-refractivity contribution in [3.8, 4) is 21.6 Å². The number of aryl methyl sites for hydroxylation is 4. The summed E-state index contributed by atoms with van der Waals surface area (Å²) in [7, 11) is 0. The Morgan fingerprint density at radius 3 is 1.46 bits per heavy atom. The van der Waals surface area contributed by atoms with E-state index >= 15 is 0 Å². The molecule has 0 aliphatic heterocycles. The van der Waals surface area contributed by atoms with Gasteiger partial charge in [-0.2, -0.15) is 0 Å². The second-order valence-corrected chi connectivity index (χ2v) is 20.5. The molecule has 1 aliphatic rings. The first-order valence-corrected chi connectivity index (χ1v) is 25.8. The molecule has 1 aliphatic carbocycles. The van der Waals surface area contributed by atoms with E-state index in [1.807, 2.05) is 0 Å². The van der Waals surface area contributed by atoms with Crippen LogP contribution in [0.1, 0.15) is 214 Å². The lowest BCUT2D eigenvalue weighted by Crippen LogP contribution is -2.25. The highest BCUT2D eigenvalue weighted by molar-refractivity contribution is 7.29. The smallest absolute Gasteiger partial charge is 0.0530 e. The minimum atomic E-state index is 0.117. The Hall–Kier alpha value is -2.42. The average molecular weight is 803 g/mol. The SMILES string of the molecule is CCCCCCCCC1(CCCCCCCC)c2cc(C)ccc2-c2ccc(-c3cc4c(CCCCCCC)c(CCCCCCC)c5cc(C)sc5c4s3)cc21. The van der Waals surface area contributed by atoms with Gasteiger partial charge in [0.2, 0.25) is 0 Å². The third-order valence-electron chi connectivity index (χ3n) is 13.6. The highest BCUT2D eigenvalue weighted by atomic mass is 32.1. The molecule has 0 bridgehead atoms. The zero-order chi connectivity index (χ0) is 40.0. The summed E-state index contributed by atoms with van der Waals surface area (Å²) in [5.41, 5.74) is 12.7. The summed E-state index contributed by atoms with van der Waals surface area (Å²) in [6, 6.07) is 20.4. The third kappa shape index (κ3) is 10.7. The Balaban J connectivity index is 1.42. The van der Waals surface area contributed by atoms with Crippen LogP contribution in [0.15, 0.2) is 48.5 Å². The summed E-state index contributed by atoms with van der Waals surface area (Å²) in [6.07, 6.45) is 34.8. The van der Waals surface area contributed by atoms with Crippen LogP contribution in [0.25, 0.3) is 41.7 Å². The van der Waals surface area contributed by atoms with E-state index in [0.29, 0.717) is 0 Å². The lowest BCUT2D eigenvalue weighted by molar-refractivity contribution is 0.398. The fourth-order valence-corrected chi connectivity index (χ4v) is 12.8. The van der Waals surface area contributed by atoms with Gasteiger partial charge in [0.25, 0.3) is 0 Å². The van der Waals surface area contributed by atoms with Gasteiger partial charge < -0.3 is 0 Å². The van der Waals surface area contributed by atoms with Gasteiger partial charge in [-0.3, -0.25) is 0 Å². The topological polar surface area (TPSA) is 0 Å². The summed E-state index contributed by atoms with van der Waals surface area (Å²) in [6.45, 7) is 14.0. The summed E-state index contributed by atoms with van der Waals surface area (Å²) in [5, 5.41) is 3.15. The van der Waals surface area contributed by atoms with Crippen molar-refractivity contribution in [1.82, 2.24) is 0 Å². The normalized spacial score (nSPS) is 13.3. The number of hydrogen-bond donors (Lipinski definition) is 0. The van der Waals surface area contributed by atoms with Crippen LogP contribution in [-0.2, 0) is 18.3 Å². The molecule has 0 atom stereocenters. The first-order valence-electron chi connectivity index (χ1n) is 24.2. The van der Waals surface area contributed by atoms with Crippen molar-refractivity contribution in [1.29, 1.82) is 0 Å². The standard InChI is InChI=1S/C55H78S2/c1-7-11-15-19-23-27-35-55(36-28-24-20-16-12-8-2)50-37-41(5)31-33-46(50)47-34-32-43(39-51(47)55)52-40-49-45(30-26-22-18-14-10-4)44(29-25-21-17-13-9-3)48-38-42(6)56-53(48)54(49)57-52/h31-34,37-40H,7-30,35-36H2,1-6H3. The van der Waals surface area contributed by atoms with Crippen molar-refractivity contribution in [2.45, 2.75) is 214 Å². The Bertz CT molecular complexity index is 1970. The first-order chi connectivity index (χ1) is 27.9. The molecule has 0 fully saturated rings. The van der Waals surface area contributed by atoms with Crippen LogP contribution in [0.2, 0.25) is 0 Å². The Kier molecular flexibility index (Phi) is 17.2. The monoisotopic (exact) mass is 803 g/mol. The molecule has 310 valence electrons. The van der Waals surface area contributed by atoms with Gasteiger partial charge >= 0.3 is 0 Å². The second kappa shape index (κ2) is 22.3. The van der Waals surface area contributed by atoms with Crippen LogP contribution in [0.3, 0.4) is 0 Å². The van der Waals surface area contributed by atoms with Crippen LogP contribution in [0, 0.1) is 13.8 Å². The number of hydrogen-bond acceptors (Lipinski definition) is 2. The second-order valence-electron chi connectivity index (χ2n) is 18.2. The minimum Gasteiger partial charge on any atom is -0.139 e. The van der Waals surface area contributed by atoms with E-state index in [1.54, 1.807) is 42.4 Å². The van der Waals surface area contributed by atoms with Gasteiger partial charge in [0.05, 0.1) is 9.40 Å². The van der Waals surface area contributed by atoms with Crippen LogP contribution >= 0.6 is 22.7 Å². The molecule has 0 N–H and O–H groups in total. The summed E-state index contributed by atoms with van der Waals surface area (Å²) in [4.78, 5) is 2.95. The number of unbranched alkanes of at least 4 members (excludes halogenated alkanes) is 18. The van der Waals surface area contributed by atoms with E-state index < -0.39 is 0 Å². The molecular formula is C55H78S2. The van der Waals surface area contributed by atoms with E-state index in [0.717, 1.165) is 0 Å². The van der Waals surface area contributed by atoms with E-state index in [1.165, 1.54) is 199 Å². The summed E-state index contributed by atoms with van der Waals surface area (Å²) >= 11 is 4.15. The van der Waals surface area contributed by atoms with Crippen LogP contribution in [0.4, 0.5) is 0 Å². The van der Waals surface area contributed by atoms with E-state index in [2.05, 4.69) is 113 Å². The number of rotatable bonds is 27. The lowest BCUT2D eigenvalue weighted by Gasteiger charge is -2.33. The Labute approximate surface area is 357 Å². The summed E-state index contributed by atoms with van der Waals surface area (Å²) in [5.74, 6) is 0. The number of benzene rings is 3. The van der Waals surface area contributed by atoms with E-state index in [9.17, 15) is 0 Å². The predicted octanol–water partition coefficient (Wildman–Crippen LogP) is 19.2. The van der Waals surface area contributed by atoms with Crippen molar-refractivity contribution in [3.05, 3.63) is 81.2 Å². The maximum Gasteiger partial charge on any atom is 0.0530 e. The molecule has 0 spiro atoms. The molecule has 2 aromatic heterocycles. The molecule has 5 aromatic rings. The average Bonchev–Trinajstić information content (AvgIpc) is 3.90. The largest absolute Gasteiger partial charge is 0.139 e. The van der Waals surface area contributed by atoms with Crippen molar-refractivity contribution in [2.24, 2.45) is 0 Å². The molecule has 6 rings (SSSR count). The van der Waals surface area contributed by atoms with E-state index in [4.69, 9.17) is 0 Å². The number of fused-ring (bicyclic) bond motifs is 6. The van der Waals surface area contributed by atoms with Gasteiger partial charge in [-0.25, -0.2) is 0 Å². The zero-order valence-electron chi connectivity index (χ0n) is 37.3. The van der Waals surface area contributed by atoms with Gasteiger partial charge in [0.15, 0.2) is 0 Å². The maximum absolute atomic E-state index is 2.71. The Morgan fingerprint density at radius 2 is 0.895 bits per heavy atom. The van der Waals surface area contributed by atoms with Gasteiger partial charge in [0.1, 0.15) is 0 Å². The van der Waals surface area contributed by atoms with E-state index in [-0.39, 0.29) is 5.41 Å². The fraction of sp³-hybridized carbons (Fsp3) is 0.600. The summed E-state index contributed by atoms with van der Waals surface area (Å²) < 4.78 is 3.11. The third-order valence-corrected chi connectivity index (χ3v) is 16.0. The fourth-order valence-electron chi connectivity index (χ4n) is 10.4. The van der Waals surface area contributed by atoms with Crippen LogP contribution in [0.5, 0.6) is 0 Å². The van der Waals surface area contributed by atoms with Crippen molar-refractivity contribution in [3.63, 3.8) is 0 Å². The molecule has 0 nitrogen and oxygen atoms in total. The minimum absolute atomic E-state index is 0.117. The zero-order valence-corrected chi connectivity index (χ0v) is 39.0. The van der Waals surface area contributed by atoms with Crippen LogP contribution in [-0.4, -0.2) is 0 Å². The molecule has 2 heteroatoms.